The summed E-state index contributed by atoms with van der Waals surface area (Å²) in [4.78, 5) is 17.4. The van der Waals surface area contributed by atoms with E-state index in [4.69, 9.17) is 9.47 Å². The Kier molecular flexibility index (Phi) is 4.15. The number of ether oxygens (including phenoxy) is 2. The number of methoxy groups -OCH3 is 1. The largest absolute Gasteiger partial charge is 0.497 e. The van der Waals surface area contributed by atoms with Crippen LogP contribution in [0.1, 0.15) is 22.2 Å². The van der Waals surface area contributed by atoms with Crippen LogP contribution in [0.5, 0.6) is 5.75 Å². The maximum absolute atomic E-state index is 12.5. The summed E-state index contributed by atoms with van der Waals surface area (Å²) in [6, 6.07) is 15.9. The van der Waals surface area contributed by atoms with Gasteiger partial charge in [-0.2, -0.15) is 0 Å². The zero-order chi connectivity index (χ0) is 17.2. The van der Waals surface area contributed by atoms with E-state index in [1.165, 1.54) is 0 Å². The first-order valence-corrected chi connectivity index (χ1v) is 8.36. The Balaban J connectivity index is 1.56. The molecule has 2 heterocycles. The van der Waals surface area contributed by atoms with Crippen molar-refractivity contribution in [2.45, 2.75) is 6.10 Å². The van der Waals surface area contributed by atoms with E-state index < -0.39 is 0 Å². The molecule has 1 aliphatic heterocycles. The van der Waals surface area contributed by atoms with E-state index in [2.05, 4.69) is 23.2 Å². The molecule has 128 valence electrons. The topological polar surface area (TPSA) is 54.6 Å². The highest BCUT2D eigenvalue weighted by Gasteiger charge is 2.26. The van der Waals surface area contributed by atoms with E-state index in [1.807, 2.05) is 29.2 Å². The summed E-state index contributed by atoms with van der Waals surface area (Å²) in [7, 11) is 1.67. The molecule has 0 radical (unpaired) electrons. The summed E-state index contributed by atoms with van der Waals surface area (Å²) in [6.45, 7) is 1.70. The van der Waals surface area contributed by atoms with Crippen LogP contribution in [0.15, 0.2) is 54.7 Å². The molecule has 0 spiro atoms. The van der Waals surface area contributed by atoms with Gasteiger partial charge < -0.3 is 19.4 Å². The zero-order valence-corrected chi connectivity index (χ0v) is 14.1. The fourth-order valence-corrected chi connectivity index (χ4v) is 3.24. The first-order valence-electron chi connectivity index (χ1n) is 8.36. The maximum atomic E-state index is 12.5. The summed E-state index contributed by atoms with van der Waals surface area (Å²) in [5.74, 6) is 0.862. The lowest BCUT2D eigenvalue weighted by atomic mass is 10.0. The third-order valence-electron chi connectivity index (χ3n) is 4.63. The average Bonchev–Trinajstić information content (AvgIpc) is 3.21. The molecule has 1 amide bonds. The van der Waals surface area contributed by atoms with Crippen LogP contribution in [0, 0.1) is 0 Å². The predicted octanol–water partition coefficient (Wildman–Crippen LogP) is 3.39. The van der Waals surface area contributed by atoms with Gasteiger partial charge in [0.05, 0.1) is 20.3 Å². The van der Waals surface area contributed by atoms with Crippen LogP contribution in [-0.4, -0.2) is 42.6 Å². The smallest absolute Gasteiger partial charge is 0.270 e. The normalized spacial score (nSPS) is 17.6. The Morgan fingerprint density at radius 2 is 2.04 bits per heavy atom. The fourth-order valence-electron chi connectivity index (χ4n) is 3.24. The van der Waals surface area contributed by atoms with Crippen molar-refractivity contribution < 1.29 is 14.3 Å². The van der Waals surface area contributed by atoms with Crippen LogP contribution in [-0.2, 0) is 4.74 Å². The molecular weight excluding hydrogens is 316 g/mol. The zero-order valence-electron chi connectivity index (χ0n) is 14.1. The number of nitrogens with one attached hydrogen (secondary N) is 1. The molecule has 1 fully saturated rings. The number of benzene rings is 2. The van der Waals surface area contributed by atoms with Gasteiger partial charge in [0, 0.05) is 12.7 Å². The van der Waals surface area contributed by atoms with Gasteiger partial charge in [-0.05, 0) is 46.7 Å². The molecule has 2 aromatic carbocycles. The van der Waals surface area contributed by atoms with Gasteiger partial charge >= 0.3 is 0 Å². The summed E-state index contributed by atoms with van der Waals surface area (Å²) in [6.07, 6.45) is 1.65. The summed E-state index contributed by atoms with van der Waals surface area (Å²) in [5, 5.41) is 2.26. The number of fused-ring (bicyclic) bond motifs is 1. The third kappa shape index (κ3) is 3.10. The Morgan fingerprint density at radius 3 is 2.84 bits per heavy atom. The minimum absolute atomic E-state index is 0.0174. The fraction of sp³-hybridized carbons (Fsp3) is 0.250. The van der Waals surface area contributed by atoms with Gasteiger partial charge in [0.25, 0.3) is 5.91 Å². The van der Waals surface area contributed by atoms with Gasteiger partial charge in [-0.1, -0.05) is 18.2 Å². The molecule has 1 aliphatic rings. The Morgan fingerprint density at radius 1 is 1.20 bits per heavy atom. The standard InChI is InChI=1S/C20H20N2O3/c1-24-17-7-6-14-11-16(5-4-15(14)12-17)19-13-22(9-10-25-19)20(23)18-3-2-8-21-18/h2-8,11-12,19,21H,9-10,13H2,1H3. The summed E-state index contributed by atoms with van der Waals surface area (Å²) < 4.78 is 11.2. The van der Waals surface area contributed by atoms with E-state index in [0.717, 1.165) is 22.1 Å². The van der Waals surface area contributed by atoms with Crippen molar-refractivity contribution in [2.75, 3.05) is 26.8 Å². The second-order valence-electron chi connectivity index (χ2n) is 6.17. The molecule has 1 N–H and O–H groups in total. The monoisotopic (exact) mass is 336 g/mol. The minimum atomic E-state index is -0.112. The average molecular weight is 336 g/mol. The van der Waals surface area contributed by atoms with Gasteiger partial charge in [-0.25, -0.2) is 0 Å². The first-order chi connectivity index (χ1) is 12.2. The summed E-state index contributed by atoms with van der Waals surface area (Å²) in [5.41, 5.74) is 1.70. The quantitative estimate of drug-likeness (QED) is 0.798. The predicted molar refractivity (Wildman–Crippen MR) is 95.9 cm³/mol. The van der Waals surface area contributed by atoms with Gasteiger partial charge in [0.2, 0.25) is 0 Å². The molecule has 1 aromatic heterocycles. The lowest BCUT2D eigenvalue weighted by molar-refractivity contribution is -0.0229. The molecule has 1 atom stereocenters. The highest BCUT2D eigenvalue weighted by Crippen LogP contribution is 2.28. The Labute approximate surface area is 146 Å². The van der Waals surface area contributed by atoms with E-state index in [0.29, 0.717) is 25.4 Å². The van der Waals surface area contributed by atoms with Gasteiger partial charge in [0.15, 0.2) is 0 Å². The molecule has 5 nitrogen and oxygen atoms in total. The van der Waals surface area contributed by atoms with Crippen molar-refractivity contribution in [2.24, 2.45) is 0 Å². The van der Waals surface area contributed by atoms with Crippen LogP contribution in [0.25, 0.3) is 10.8 Å². The molecule has 25 heavy (non-hydrogen) atoms. The number of aromatic nitrogens is 1. The van der Waals surface area contributed by atoms with E-state index >= 15 is 0 Å². The van der Waals surface area contributed by atoms with Crippen LogP contribution >= 0.6 is 0 Å². The number of morpholine rings is 1. The lowest BCUT2D eigenvalue weighted by Gasteiger charge is -2.33. The van der Waals surface area contributed by atoms with E-state index in [9.17, 15) is 4.79 Å². The van der Waals surface area contributed by atoms with Crippen LogP contribution in [0.2, 0.25) is 0 Å². The Hall–Kier alpha value is -2.79. The maximum Gasteiger partial charge on any atom is 0.270 e. The van der Waals surface area contributed by atoms with Gasteiger partial charge in [-0.15, -0.1) is 0 Å². The van der Waals surface area contributed by atoms with Crippen LogP contribution in [0.4, 0.5) is 0 Å². The van der Waals surface area contributed by atoms with Crippen molar-refractivity contribution in [1.82, 2.24) is 9.88 Å². The highest BCUT2D eigenvalue weighted by molar-refractivity contribution is 5.92. The number of carbonyl (C=O) groups excluding carboxylic acids is 1. The third-order valence-corrected chi connectivity index (χ3v) is 4.63. The highest BCUT2D eigenvalue weighted by atomic mass is 16.5. The van der Waals surface area contributed by atoms with Crippen molar-refractivity contribution in [3.05, 3.63) is 66.0 Å². The number of amides is 1. The second-order valence-corrected chi connectivity index (χ2v) is 6.17. The second kappa shape index (κ2) is 6.61. The van der Waals surface area contributed by atoms with Crippen molar-refractivity contribution >= 4 is 16.7 Å². The van der Waals surface area contributed by atoms with Gasteiger partial charge in [-0.3, -0.25) is 4.79 Å². The number of rotatable bonds is 3. The number of H-pyrrole nitrogens is 1. The number of hydrogen-bond acceptors (Lipinski definition) is 3. The number of aromatic amines is 1. The number of nitrogens with zero attached hydrogens (tertiary/aromatic N) is 1. The minimum Gasteiger partial charge on any atom is -0.497 e. The van der Waals surface area contributed by atoms with Gasteiger partial charge in [0.1, 0.15) is 17.5 Å². The molecule has 4 rings (SSSR count). The molecule has 0 bridgehead atoms. The molecule has 0 aliphatic carbocycles. The van der Waals surface area contributed by atoms with Crippen molar-refractivity contribution in [1.29, 1.82) is 0 Å². The lowest BCUT2D eigenvalue weighted by Crippen LogP contribution is -2.42. The van der Waals surface area contributed by atoms with Crippen molar-refractivity contribution in [3.63, 3.8) is 0 Å². The first kappa shape index (κ1) is 15.7. The molecule has 5 heteroatoms. The molecular formula is C20H20N2O3. The molecule has 3 aromatic rings. The number of hydrogen-bond donors (Lipinski definition) is 1. The number of carbonyl (C=O) groups is 1. The molecule has 1 unspecified atom stereocenters. The van der Waals surface area contributed by atoms with Crippen LogP contribution in [0.3, 0.4) is 0 Å². The SMILES string of the molecule is COc1ccc2cc(C3CN(C(=O)c4ccc[nH]4)CCO3)ccc2c1. The van der Waals surface area contributed by atoms with E-state index in [1.54, 1.807) is 19.4 Å². The molecule has 0 saturated carbocycles. The molecule has 1 saturated heterocycles. The van der Waals surface area contributed by atoms with Crippen LogP contribution < -0.4 is 4.74 Å². The van der Waals surface area contributed by atoms with E-state index in [-0.39, 0.29) is 12.0 Å². The van der Waals surface area contributed by atoms with Crippen molar-refractivity contribution in [3.8, 4) is 5.75 Å². The summed E-state index contributed by atoms with van der Waals surface area (Å²) >= 11 is 0. The Bertz CT molecular complexity index is 889.